The van der Waals surface area contributed by atoms with Crippen LogP contribution in [0.25, 0.3) is 0 Å². The molecule has 0 radical (unpaired) electrons. The molecule has 17 heavy (non-hydrogen) atoms. The van der Waals surface area contributed by atoms with E-state index in [0.717, 1.165) is 13.1 Å². The molecule has 0 bridgehead atoms. The third kappa shape index (κ3) is 7.73. The monoisotopic (exact) mass is 264 g/mol. The van der Waals surface area contributed by atoms with Crippen molar-refractivity contribution >= 4 is 9.84 Å². The van der Waals surface area contributed by atoms with E-state index < -0.39 is 9.84 Å². The van der Waals surface area contributed by atoms with Crippen molar-refractivity contribution in [3.8, 4) is 0 Å². The molecule has 0 saturated heterocycles. The highest BCUT2D eigenvalue weighted by Gasteiger charge is 2.20. The number of hydrogen-bond donors (Lipinski definition) is 1. The van der Waals surface area contributed by atoms with Crippen molar-refractivity contribution in [3.63, 3.8) is 0 Å². The van der Waals surface area contributed by atoms with E-state index in [0.29, 0.717) is 25.3 Å². The summed E-state index contributed by atoms with van der Waals surface area (Å²) in [6.45, 7) is 11.1. The lowest BCUT2D eigenvalue weighted by Gasteiger charge is -2.30. The summed E-state index contributed by atoms with van der Waals surface area (Å²) in [6, 6.07) is 0. The second-order valence-corrected chi connectivity index (χ2v) is 7.69. The van der Waals surface area contributed by atoms with Gasteiger partial charge in [0.25, 0.3) is 0 Å². The van der Waals surface area contributed by atoms with E-state index in [1.54, 1.807) is 0 Å². The first-order valence-electron chi connectivity index (χ1n) is 6.39. The fourth-order valence-electron chi connectivity index (χ4n) is 1.70. The van der Waals surface area contributed by atoms with Gasteiger partial charge in [-0.1, -0.05) is 27.7 Å². The van der Waals surface area contributed by atoms with Crippen LogP contribution in [0.4, 0.5) is 0 Å². The highest BCUT2D eigenvalue weighted by molar-refractivity contribution is 7.91. The van der Waals surface area contributed by atoms with Crippen LogP contribution >= 0.6 is 0 Å². The lowest BCUT2D eigenvalue weighted by Crippen LogP contribution is -2.40. The van der Waals surface area contributed by atoms with Crippen LogP contribution in [0.15, 0.2) is 0 Å². The Morgan fingerprint density at radius 3 is 2.18 bits per heavy atom. The van der Waals surface area contributed by atoms with E-state index in [4.69, 9.17) is 5.73 Å². The number of nitrogens with zero attached hydrogens (tertiary/aromatic N) is 1. The maximum Gasteiger partial charge on any atom is 0.151 e. The quantitative estimate of drug-likeness (QED) is 0.678. The van der Waals surface area contributed by atoms with Crippen LogP contribution in [0.5, 0.6) is 0 Å². The minimum Gasteiger partial charge on any atom is -0.330 e. The first-order chi connectivity index (χ1) is 7.76. The molecule has 0 atom stereocenters. The van der Waals surface area contributed by atoms with Crippen molar-refractivity contribution < 1.29 is 8.42 Å². The molecule has 0 amide bonds. The zero-order valence-electron chi connectivity index (χ0n) is 11.7. The Morgan fingerprint density at radius 1 is 1.18 bits per heavy atom. The zero-order chi connectivity index (χ0) is 13.5. The van der Waals surface area contributed by atoms with Crippen LogP contribution in [0.2, 0.25) is 0 Å². The molecule has 4 nitrogen and oxygen atoms in total. The van der Waals surface area contributed by atoms with Crippen LogP contribution in [-0.4, -0.2) is 51.0 Å². The highest BCUT2D eigenvalue weighted by Crippen LogP contribution is 2.14. The highest BCUT2D eigenvalue weighted by atomic mass is 32.2. The SMILES string of the molecule is CCCS(=O)(=O)CCN(CC)CC(C)(C)CN. The molecule has 0 aromatic rings. The van der Waals surface area contributed by atoms with Crippen LogP contribution in [0, 0.1) is 5.41 Å². The van der Waals surface area contributed by atoms with Crippen molar-refractivity contribution in [2.24, 2.45) is 11.1 Å². The van der Waals surface area contributed by atoms with Gasteiger partial charge in [0, 0.05) is 18.8 Å². The lowest BCUT2D eigenvalue weighted by atomic mass is 9.93. The third-order valence-corrected chi connectivity index (χ3v) is 4.72. The van der Waals surface area contributed by atoms with Crippen LogP contribution < -0.4 is 5.73 Å². The van der Waals surface area contributed by atoms with Gasteiger partial charge < -0.3 is 10.6 Å². The van der Waals surface area contributed by atoms with E-state index in [1.807, 2.05) is 6.92 Å². The Labute approximate surface area is 106 Å². The van der Waals surface area contributed by atoms with Crippen molar-refractivity contribution in [2.75, 3.05) is 37.7 Å². The molecule has 0 fully saturated rings. The van der Waals surface area contributed by atoms with Gasteiger partial charge in [0.1, 0.15) is 0 Å². The molecule has 0 aromatic carbocycles. The summed E-state index contributed by atoms with van der Waals surface area (Å²) in [5.74, 6) is 0.556. The number of sulfone groups is 1. The minimum absolute atomic E-state index is 0.0462. The molecule has 0 spiro atoms. The van der Waals surface area contributed by atoms with Gasteiger partial charge in [0.15, 0.2) is 9.84 Å². The van der Waals surface area contributed by atoms with Gasteiger partial charge in [-0.2, -0.15) is 0 Å². The summed E-state index contributed by atoms with van der Waals surface area (Å²) < 4.78 is 23.3. The van der Waals surface area contributed by atoms with E-state index in [-0.39, 0.29) is 11.2 Å². The zero-order valence-corrected chi connectivity index (χ0v) is 12.5. The van der Waals surface area contributed by atoms with Gasteiger partial charge in [0.05, 0.1) is 5.75 Å². The van der Waals surface area contributed by atoms with Gasteiger partial charge in [-0.15, -0.1) is 0 Å². The van der Waals surface area contributed by atoms with Gasteiger partial charge in [-0.25, -0.2) is 8.42 Å². The summed E-state index contributed by atoms with van der Waals surface area (Å²) in [7, 11) is -2.87. The van der Waals surface area contributed by atoms with E-state index in [1.165, 1.54) is 0 Å². The van der Waals surface area contributed by atoms with Crippen LogP contribution in [-0.2, 0) is 9.84 Å². The maximum absolute atomic E-state index is 11.6. The van der Waals surface area contributed by atoms with Gasteiger partial charge in [-0.3, -0.25) is 0 Å². The summed E-state index contributed by atoms with van der Waals surface area (Å²) >= 11 is 0. The molecular weight excluding hydrogens is 236 g/mol. The summed E-state index contributed by atoms with van der Waals surface area (Å²) in [5, 5.41) is 0. The topological polar surface area (TPSA) is 63.4 Å². The normalized spacial score (nSPS) is 13.3. The largest absolute Gasteiger partial charge is 0.330 e. The average Bonchev–Trinajstić information content (AvgIpc) is 2.24. The molecule has 5 heteroatoms. The lowest BCUT2D eigenvalue weighted by molar-refractivity contribution is 0.199. The minimum atomic E-state index is -2.87. The molecule has 0 aliphatic heterocycles. The molecule has 104 valence electrons. The summed E-state index contributed by atoms with van der Waals surface area (Å²) in [5.41, 5.74) is 5.74. The Bertz CT molecular complexity index is 300. The third-order valence-electron chi connectivity index (χ3n) is 2.89. The molecular formula is C12H28N2O2S. The fourth-order valence-corrected chi connectivity index (χ4v) is 3.06. The number of nitrogens with two attached hydrogens (primary N) is 1. The Morgan fingerprint density at radius 2 is 1.76 bits per heavy atom. The molecule has 0 aliphatic carbocycles. The van der Waals surface area contributed by atoms with Crippen LogP contribution in [0.3, 0.4) is 0 Å². The van der Waals surface area contributed by atoms with E-state index in [9.17, 15) is 8.42 Å². The first-order valence-corrected chi connectivity index (χ1v) is 8.21. The smallest absolute Gasteiger partial charge is 0.151 e. The van der Waals surface area contributed by atoms with Gasteiger partial charge in [0.2, 0.25) is 0 Å². The van der Waals surface area contributed by atoms with Crippen LogP contribution in [0.1, 0.15) is 34.1 Å². The van der Waals surface area contributed by atoms with Crippen molar-refractivity contribution in [2.45, 2.75) is 34.1 Å². The second-order valence-electron chi connectivity index (χ2n) is 5.39. The molecule has 2 N–H and O–H groups in total. The molecule has 0 saturated carbocycles. The molecule has 0 rings (SSSR count). The fraction of sp³-hybridized carbons (Fsp3) is 1.00. The molecule has 0 heterocycles. The molecule has 0 aromatic heterocycles. The maximum atomic E-state index is 11.6. The Hall–Kier alpha value is -0.130. The van der Waals surface area contributed by atoms with Gasteiger partial charge >= 0.3 is 0 Å². The Kier molecular flexibility index (Phi) is 7.28. The summed E-state index contributed by atoms with van der Waals surface area (Å²) in [4.78, 5) is 2.17. The Balaban J connectivity index is 4.24. The summed E-state index contributed by atoms with van der Waals surface area (Å²) in [6.07, 6.45) is 0.697. The molecule has 0 unspecified atom stereocenters. The van der Waals surface area contributed by atoms with Crippen molar-refractivity contribution in [1.82, 2.24) is 4.90 Å². The first kappa shape index (κ1) is 16.9. The number of rotatable bonds is 9. The predicted molar refractivity (Wildman–Crippen MR) is 73.9 cm³/mol. The average molecular weight is 264 g/mol. The van der Waals surface area contributed by atoms with Crippen molar-refractivity contribution in [1.29, 1.82) is 0 Å². The second kappa shape index (κ2) is 7.34. The predicted octanol–water partition coefficient (Wildman–Crippen LogP) is 1.12. The van der Waals surface area contributed by atoms with Crippen molar-refractivity contribution in [3.05, 3.63) is 0 Å². The van der Waals surface area contributed by atoms with Gasteiger partial charge in [-0.05, 0) is 24.9 Å². The number of hydrogen-bond acceptors (Lipinski definition) is 4. The van der Waals surface area contributed by atoms with E-state index in [2.05, 4.69) is 25.7 Å². The standard InChI is InChI=1S/C12H28N2O2S/c1-5-8-17(15,16)9-7-14(6-2)11-12(3,4)10-13/h5-11,13H2,1-4H3. The molecule has 0 aliphatic rings. The van der Waals surface area contributed by atoms with E-state index >= 15 is 0 Å².